The summed E-state index contributed by atoms with van der Waals surface area (Å²) in [5, 5.41) is 0. The molecule has 5 nitrogen and oxygen atoms in total. The summed E-state index contributed by atoms with van der Waals surface area (Å²) >= 11 is 0. The van der Waals surface area contributed by atoms with Crippen LogP contribution in [-0.2, 0) is 23.9 Å². The molecule has 1 aliphatic carbocycles. The number of rotatable bonds is 13. The van der Waals surface area contributed by atoms with E-state index < -0.39 is 11.8 Å². The molecule has 0 aromatic heterocycles. The van der Waals surface area contributed by atoms with E-state index in [-0.39, 0.29) is 12.3 Å². The molecule has 0 spiro atoms. The van der Waals surface area contributed by atoms with Crippen molar-refractivity contribution in [3.8, 4) is 0 Å². The summed E-state index contributed by atoms with van der Waals surface area (Å²) in [5.74, 6) is -0.377. The van der Waals surface area contributed by atoms with E-state index in [2.05, 4.69) is 16.9 Å². The number of carbonyl (C=O) groups excluding carboxylic acids is 3. The molecule has 1 fully saturated rings. The molecule has 1 rings (SSSR count). The maximum atomic E-state index is 12.1. The van der Waals surface area contributed by atoms with Gasteiger partial charge < -0.3 is 9.47 Å². The molecule has 25 heavy (non-hydrogen) atoms. The maximum Gasteiger partial charge on any atom is 0.374 e. The van der Waals surface area contributed by atoms with Crippen molar-refractivity contribution >= 4 is 17.5 Å². The third-order valence-electron chi connectivity index (χ3n) is 4.73. The van der Waals surface area contributed by atoms with Crippen LogP contribution in [0.3, 0.4) is 0 Å². The molecular formula is C20H32O5. The molecule has 0 bridgehead atoms. The van der Waals surface area contributed by atoms with Crippen molar-refractivity contribution in [2.45, 2.75) is 64.7 Å². The summed E-state index contributed by atoms with van der Waals surface area (Å²) in [6.07, 6.45) is 11.6. The van der Waals surface area contributed by atoms with E-state index in [0.717, 1.165) is 51.7 Å². The first kappa shape index (κ1) is 21.6. The lowest BCUT2D eigenvalue weighted by atomic mass is 9.89. The largest absolute Gasteiger partial charge is 0.463 e. The molecule has 1 aliphatic rings. The minimum Gasteiger partial charge on any atom is -0.463 e. The van der Waals surface area contributed by atoms with Crippen molar-refractivity contribution in [2.75, 3.05) is 20.3 Å². The molecule has 0 amide bonds. The fraction of sp³-hybridized carbons (Fsp3) is 0.750. The zero-order valence-corrected chi connectivity index (χ0v) is 15.6. The standard InChI is InChI=1S/C20H32O5/c1-3-25-15-9-5-6-10-16-13-14-18(21)17(16)11-7-4-8-12-19(22)20(23)24-2/h6,10,16-17H,3-5,7-9,11-15H2,1-2H3/t16-,17+/m0/s1. The number of ether oxygens (including phenoxy) is 2. The monoisotopic (exact) mass is 352 g/mol. The number of carbonyl (C=O) groups is 3. The maximum absolute atomic E-state index is 12.1. The van der Waals surface area contributed by atoms with Crippen LogP contribution >= 0.6 is 0 Å². The van der Waals surface area contributed by atoms with Crippen LogP contribution in [0.5, 0.6) is 0 Å². The summed E-state index contributed by atoms with van der Waals surface area (Å²) in [7, 11) is 1.22. The van der Waals surface area contributed by atoms with Gasteiger partial charge in [0.15, 0.2) is 0 Å². The number of ketones is 2. The first-order valence-corrected chi connectivity index (χ1v) is 9.48. The van der Waals surface area contributed by atoms with Crippen LogP contribution in [0.15, 0.2) is 12.2 Å². The van der Waals surface area contributed by atoms with Crippen molar-refractivity contribution in [1.82, 2.24) is 0 Å². The van der Waals surface area contributed by atoms with Gasteiger partial charge in [0, 0.05) is 32.0 Å². The number of esters is 1. The SMILES string of the molecule is CCOCCCC=C[C@H]1CCC(=O)[C@@H]1CCCCCC(=O)C(=O)OC. The molecule has 5 heteroatoms. The van der Waals surface area contributed by atoms with Crippen molar-refractivity contribution in [1.29, 1.82) is 0 Å². The first-order chi connectivity index (χ1) is 12.1. The molecule has 0 aliphatic heterocycles. The van der Waals surface area contributed by atoms with E-state index in [4.69, 9.17) is 4.74 Å². The van der Waals surface area contributed by atoms with Gasteiger partial charge in [0.05, 0.1) is 7.11 Å². The average molecular weight is 352 g/mol. The Morgan fingerprint density at radius 1 is 1.20 bits per heavy atom. The number of Topliss-reactive ketones (excluding diaryl/α,β-unsaturated/α-hetero) is 2. The Labute approximate surface area is 151 Å². The van der Waals surface area contributed by atoms with Crippen LogP contribution in [0.2, 0.25) is 0 Å². The summed E-state index contributed by atoms with van der Waals surface area (Å²) < 4.78 is 9.72. The Morgan fingerprint density at radius 2 is 2.00 bits per heavy atom. The first-order valence-electron chi connectivity index (χ1n) is 9.48. The highest BCUT2D eigenvalue weighted by atomic mass is 16.5. The van der Waals surface area contributed by atoms with Gasteiger partial charge in [-0.15, -0.1) is 0 Å². The fourth-order valence-electron chi connectivity index (χ4n) is 3.30. The van der Waals surface area contributed by atoms with Crippen molar-refractivity contribution in [3.05, 3.63) is 12.2 Å². The summed E-state index contributed by atoms with van der Waals surface area (Å²) in [5.41, 5.74) is 0. The second-order valence-corrected chi connectivity index (χ2v) is 6.56. The second kappa shape index (κ2) is 12.8. The zero-order valence-electron chi connectivity index (χ0n) is 15.6. The number of allylic oxidation sites excluding steroid dienone is 2. The van der Waals surface area contributed by atoms with Crippen LogP contribution in [-0.4, -0.2) is 37.9 Å². The van der Waals surface area contributed by atoms with Gasteiger partial charge in [-0.25, -0.2) is 4.79 Å². The Bertz CT molecular complexity index is 455. The summed E-state index contributed by atoms with van der Waals surface area (Å²) in [4.78, 5) is 34.5. The third-order valence-corrected chi connectivity index (χ3v) is 4.73. The van der Waals surface area contributed by atoms with Crippen LogP contribution in [0.25, 0.3) is 0 Å². The predicted octanol–water partition coefficient (Wildman–Crippen LogP) is 3.65. The van der Waals surface area contributed by atoms with Gasteiger partial charge in [-0.1, -0.05) is 25.0 Å². The topological polar surface area (TPSA) is 69.7 Å². The molecule has 0 N–H and O–H groups in total. The number of unbranched alkanes of at least 4 members (excludes halogenated alkanes) is 3. The highest BCUT2D eigenvalue weighted by Crippen LogP contribution is 2.33. The molecule has 142 valence electrons. The van der Waals surface area contributed by atoms with Gasteiger partial charge in [0.1, 0.15) is 5.78 Å². The Kier molecular flexibility index (Phi) is 11.0. The highest BCUT2D eigenvalue weighted by Gasteiger charge is 2.32. The van der Waals surface area contributed by atoms with E-state index in [1.807, 2.05) is 6.92 Å². The molecule has 0 unspecified atom stereocenters. The van der Waals surface area contributed by atoms with E-state index in [1.54, 1.807) is 0 Å². The van der Waals surface area contributed by atoms with Gasteiger partial charge >= 0.3 is 5.97 Å². The van der Waals surface area contributed by atoms with Crippen LogP contribution < -0.4 is 0 Å². The van der Waals surface area contributed by atoms with Gasteiger partial charge in [-0.05, 0) is 44.9 Å². The number of hydrogen-bond donors (Lipinski definition) is 0. The molecule has 2 atom stereocenters. The molecule has 0 saturated heterocycles. The predicted molar refractivity (Wildman–Crippen MR) is 96.2 cm³/mol. The lowest BCUT2D eigenvalue weighted by Crippen LogP contribution is -2.15. The molecule has 0 heterocycles. The fourth-order valence-corrected chi connectivity index (χ4v) is 3.30. The molecular weight excluding hydrogens is 320 g/mol. The van der Waals surface area contributed by atoms with Crippen molar-refractivity contribution in [2.24, 2.45) is 11.8 Å². The minimum atomic E-state index is -0.763. The third kappa shape index (κ3) is 8.43. The van der Waals surface area contributed by atoms with Crippen LogP contribution in [0.4, 0.5) is 0 Å². The van der Waals surface area contributed by atoms with Crippen LogP contribution in [0.1, 0.15) is 64.7 Å². The Hall–Kier alpha value is -1.49. The van der Waals surface area contributed by atoms with Gasteiger partial charge in [-0.2, -0.15) is 0 Å². The molecule has 0 aromatic rings. The van der Waals surface area contributed by atoms with Gasteiger partial charge in [0.2, 0.25) is 5.78 Å². The van der Waals surface area contributed by atoms with Gasteiger partial charge in [-0.3, -0.25) is 9.59 Å². The Morgan fingerprint density at radius 3 is 2.72 bits per heavy atom. The zero-order chi connectivity index (χ0) is 18.5. The average Bonchev–Trinajstić information content (AvgIpc) is 2.96. The van der Waals surface area contributed by atoms with Crippen molar-refractivity contribution < 1.29 is 23.9 Å². The molecule has 0 aromatic carbocycles. The Balaban J connectivity index is 2.23. The molecule has 1 saturated carbocycles. The van der Waals surface area contributed by atoms with Gasteiger partial charge in [0.25, 0.3) is 0 Å². The van der Waals surface area contributed by atoms with E-state index >= 15 is 0 Å². The smallest absolute Gasteiger partial charge is 0.374 e. The normalized spacial score (nSPS) is 20.3. The lowest BCUT2D eigenvalue weighted by molar-refractivity contribution is -0.151. The minimum absolute atomic E-state index is 0.124. The summed E-state index contributed by atoms with van der Waals surface area (Å²) in [6.45, 7) is 3.54. The van der Waals surface area contributed by atoms with E-state index in [0.29, 0.717) is 24.5 Å². The van der Waals surface area contributed by atoms with E-state index in [9.17, 15) is 14.4 Å². The highest BCUT2D eigenvalue weighted by molar-refractivity contribution is 6.33. The van der Waals surface area contributed by atoms with Crippen molar-refractivity contribution in [3.63, 3.8) is 0 Å². The number of methoxy groups -OCH3 is 1. The number of hydrogen-bond acceptors (Lipinski definition) is 5. The quantitative estimate of drug-likeness (QED) is 0.219. The second-order valence-electron chi connectivity index (χ2n) is 6.56. The summed E-state index contributed by atoms with van der Waals surface area (Å²) in [6, 6.07) is 0. The molecule has 0 radical (unpaired) electrons. The lowest BCUT2D eigenvalue weighted by Gasteiger charge is -2.14. The van der Waals surface area contributed by atoms with E-state index in [1.165, 1.54) is 7.11 Å². The van der Waals surface area contributed by atoms with Crippen LogP contribution in [0, 0.1) is 11.8 Å².